The minimum Gasteiger partial charge on any atom is -0.480 e. The normalized spacial score (nSPS) is 10.9. The Labute approximate surface area is 121 Å². The van der Waals surface area contributed by atoms with Crippen LogP contribution in [0.5, 0.6) is 5.88 Å². The number of methoxy groups -OCH3 is 1. The number of para-hydroxylation sites is 1. The second-order valence-electron chi connectivity index (χ2n) is 4.41. The molecule has 0 saturated heterocycles. The maximum atomic E-state index is 9.39. The molecule has 2 heterocycles. The van der Waals surface area contributed by atoms with Crippen molar-refractivity contribution in [2.24, 2.45) is 7.05 Å². The maximum absolute atomic E-state index is 9.39. The summed E-state index contributed by atoms with van der Waals surface area (Å²) in [6.07, 6.45) is 1.96. The van der Waals surface area contributed by atoms with Crippen molar-refractivity contribution in [1.82, 2.24) is 9.55 Å². The lowest BCUT2D eigenvalue weighted by atomic mass is 10.2. The van der Waals surface area contributed by atoms with E-state index in [1.807, 2.05) is 31.5 Å². The minimum atomic E-state index is 0.390. The Hall–Kier alpha value is -2.19. The van der Waals surface area contributed by atoms with E-state index in [1.165, 1.54) is 0 Å². The van der Waals surface area contributed by atoms with Crippen molar-refractivity contribution in [2.75, 3.05) is 13.4 Å². The summed E-state index contributed by atoms with van der Waals surface area (Å²) in [5.74, 6) is 0.390. The van der Waals surface area contributed by atoms with Crippen LogP contribution in [0.25, 0.3) is 21.9 Å². The zero-order valence-corrected chi connectivity index (χ0v) is 12.3. The summed E-state index contributed by atoms with van der Waals surface area (Å²) in [6, 6.07) is 10.3. The van der Waals surface area contributed by atoms with E-state index in [0.717, 1.165) is 26.8 Å². The second-order valence-corrected chi connectivity index (χ2v) is 5.23. The highest BCUT2D eigenvalue weighted by molar-refractivity contribution is 7.98. The quantitative estimate of drug-likeness (QED) is 0.677. The first-order chi connectivity index (χ1) is 9.72. The summed E-state index contributed by atoms with van der Waals surface area (Å²) in [5.41, 5.74) is 3.46. The number of benzene rings is 1. The Morgan fingerprint density at radius 2 is 2.10 bits per heavy atom. The lowest BCUT2D eigenvalue weighted by molar-refractivity contribution is 0.397. The van der Waals surface area contributed by atoms with Gasteiger partial charge in [-0.2, -0.15) is 5.26 Å². The number of nitriles is 1. The van der Waals surface area contributed by atoms with Gasteiger partial charge in [0, 0.05) is 12.4 Å². The molecule has 0 amide bonds. The van der Waals surface area contributed by atoms with Crippen molar-refractivity contribution in [3.63, 3.8) is 0 Å². The van der Waals surface area contributed by atoms with Crippen LogP contribution in [0.2, 0.25) is 0 Å². The average Bonchev–Trinajstić information content (AvgIpc) is 2.78. The molecule has 20 heavy (non-hydrogen) atoms. The number of thioether (sulfide) groups is 1. The molecule has 0 radical (unpaired) electrons. The molecule has 4 nitrogen and oxygen atoms in total. The molecular formula is C15H13N3OS. The first-order valence-electron chi connectivity index (χ1n) is 6.12. The van der Waals surface area contributed by atoms with Crippen LogP contribution in [0.3, 0.4) is 0 Å². The Kier molecular flexibility index (Phi) is 3.03. The van der Waals surface area contributed by atoms with Gasteiger partial charge in [-0.25, -0.2) is 4.98 Å². The summed E-state index contributed by atoms with van der Waals surface area (Å²) in [6.45, 7) is 0. The van der Waals surface area contributed by atoms with E-state index in [1.54, 1.807) is 18.9 Å². The lowest BCUT2D eigenvalue weighted by Crippen LogP contribution is -1.97. The van der Waals surface area contributed by atoms with E-state index in [-0.39, 0.29) is 0 Å². The molecule has 0 atom stereocenters. The third-order valence-corrected chi connectivity index (χ3v) is 4.26. The van der Waals surface area contributed by atoms with Crippen molar-refractivity contribution < 1.29 is 4.74 Å². The van der Waals surface area contributed by atoms with Crippen molar-refractivity contribution in [3.8, 4) is 11.9 Å². The van der Waals surface area contributed by atoms with Crippen LogP contribution in [0.15, 0.2) is 29.2 Å². The number of aromatic nitrogens is 2. The lowest BCUT2D eigenvalue weighted by Gasteiger charge is -2.09. The number of fused-ring (bicyclic) bond motifs is 3. The Morgan fingerprint density at radius 1 is 1.35 bits per heavy atom. The summed E-state index contributed by atoms with van der Waals surface area (Å²) in [4.78, 5) is 5.45. The monoisotopic (exact) mass is 283 g/mol. The SMILES string of the molecule is COc1nc2c3ccccc3n(C)c2c(SC)c1C#N. The van der Waals surface area contributed by atoms with Crippen LogP contribution < -0.4 is 4.74 Å². The summed E-state index contributed by atoms with van der Waals surface area (Å²) < 4.78 is 7.38. The highest BCUT2D eigenvalue weighted by Crippen LogP contribution is 2.38. The van der Waals surface area contributed by atoms with E-state index in [0.29, 0.717) is 11.4 Å². The first kappa shape index (κ1) is 12.8. The van der Waals surface area contributed by atoms with E-state index >= 15 is 0 Å². The molecule has 0 bridgehead atoms. The molecule has 3 rings (SSSR count). The Balaban J connectivity index is 2.61. The number of aryl methyl sites for hydroxylation is 1. The summed E-state index contributed by atoms with van der Waals surface area (Å²) in [7, 11) is 3.55. The van der Waals surface area contributed by atoms with Crippen LogP contribution in [0.1, 0.15) is 5.56 Å². The molecule has 0 aliphatic heterocycles. The van der Waals surface area contributed by atoms with Crippen molar-refractivity contribution in [1.29, 1.82) is 5.26 Å². The molecule has 0 fully saturated rings. The standard InChI is InChI=1S/C15H13N3OS/c1-18-11-7-5-4-6-9(11)12-13(18)14(20-3)10(8-16)15(17-12)19-2/h4-7H,1-3H3. The molecule has 3 aromatic rings. The van der Waals surface area contributed by atoms with Crippen LogP contribution in [-0.2, 0) is 7.05 Å². The third-order valence-electron chi connectivity index (χ3n) is 3.46. The molecule has 1 aromatic carbocycles. The largest absolute Gasteiger partial charge is 0.480 e. The van der Waals surface area contributed by atoms with Gasteiger partial charge in [0.1, 0.15) is 17.1 Å². The fourth-order valence-electron chi connectivity index (χ4n) is 2.56. The van der Waals surface area contributed by atoms with E-state index < -0.39 is 0 Å². The topological polar surface area (TPSA) is 50.8 Å². The maximum Gasteiger partial charge on any atom is 0.233 e. The number of rotatable bonds is 2. The molecule has 2 aromatic heterocycles. The first-order valence-corrected chi connectivity index (χ1v) is 7.34. The van der Waals surface area contributed by atoms with E-state index in [9.17, 15) is 5.26 Å². The fraction of sp³-hybridized carbons (Fsp3) is 0.200. The minimum absolute atomic E-state index is 0.390. The smallest absolute Gasteiger partial charge is 0.233 e. The molecule has 0 spiro atoms. The molecule has 100 valence electrons. The third kappa shape index (κ3) is 1.58. The van der Waals surface area contributed by atoms with Crippen molar-refractivity contribution >= 4 is 33.7 Å². The van der Waals surface area contributed by atoms with Gasteiger partial charge in [0.25, 0.3) is 0 Å². The van der Waals surface area contributed by atoms with Gasteiger partial charge in [-0.1, -0.05) is 18.2 Å². The van der Waals surface area contributed by atoms with Gasteiger partial charge >= 0.3 is 0 Å². The van der Waals surface area contributed by atoms with Crippen LogP contribution in [0.4, 0.5) is 0 Å². The molecule has 0 unspecified atom stereocenters. The number of hydrogen-bond donors (Lipinski definition) is 0. The van der Waals surface area contributed by atoms with Gasteiger partial charge < -0.3 is 9.30 Å². The predicted octanol–water partition coefficient (Wildman–Crippen LogP) is 3.33. The van der Waals surface area contributed by atoms with Crippen LogP contribution in [-0.4, -0.2) is 22.9 Å². The average molecular weight is 283 g/mol. The van der Waals surface area contributed by atoms with Crippen molar-refractivity contribution in [3.05, 3.63) is 29.8 Å². The molecular weight excluding hydrogens is 270 g/mol. The predicted molar refractivity (Wildman–Crippen MR) is 81.3 cm³/mol. The highest BCUT2D eigenvalue weighted by atomic mass is 32.2. The highest BCUT2D eigenvalue weighted by Gasteiger charge is 2.20. The molecule has 0 saturated carbocycles. The van der Waals surface area contributed by atoms with Gasteiger partial charge in [-0.3, -0.25) is 0 Å². The molecule has 5 heteroatoms. The van der Waals surface area contributed by atoms with Gasteiger partial charge in [0.15, 0.2) is 0 Å². The fourth-order valence-corrected chi connectivity index (χ4v) is 3.33. The summed E-state index contributed by atoms with van der Waals surface area (Å²) >= 11 is 1.55. The number of ether oxygens (including phenoxy) is 1. The zero-order valence-electron chi connectivity index (χ0n) is 11.5. The molecule has 0 aliphatic rings. The van der Waals surface area contributed by atoms with Gasteiger partial charge in [-0.05, 0) is 12.3 Å². The number of pyridine rings is 1. The van der Waals surface area contributed by atoms with Gasteiger partial charge in [0.2, 0.25) is 5.88 Å². The molecule has 0 N–H and O–H groups in total. The zero-order chi connectivity index (χ0) is 14.3. The van der Waals surface area contributed by atoms with Crippen molar-refractivity contribution in [2.45, 2.75) is 4.90 Å². The second kappa shape index (κ2) is 4.73. The number of nitrogens with zero attached hydrogens (tertiary/aromatic N) is 3. The number of hydrogen-bond acceptors (Lipinski definition) is 4. The Morgan fingerprint density at radius 3 is 2.75 bits per heavy atom. The van der Waals surface area contributed by atoms with E-state index in [4.69, 9.17) is 4.74 Å². The van der Waals surface area contributed by atoms with E-state index in [2.05, 4.69) is 21.7 Å². The van der Waals surface area contributed by atoms with Gasteiger partial charge in [0.05, 0.1) is 23.0 Å². The molecule has 0 aliphatic carbocycles. The van der Waals surface area contributed by atoms with Gasteiger partial charge in [-0.15, -0.1) is 11.8 Å². The van der Waals surface area contributed by atoms with Crippen LogP contribution >= 0.6 is 11.8 Å². The Bertz CT molecular complexity index is 861. The summed E-state index contributed by atoms with van der Waals surface area (Å²) in [5, 5.41) is 10.5. The van der Waals surface area contributed by atoms with Crippen LogP contribution in [0, 0.1) is 11.3 Å².